The zero-order valence-electron chi connectivity index (χ0n) is 19.3. The Kier molecular flexibility index (Phi) is 5.63. The van der Waals surface area contributed by atoms with Crippen molar-refractivity contribution in [2.75, 3.05) is 5.32 Å². The summed E-state index contributed by atoms with van der Waals surface area (Å²) in [5.41, 5.74) is 1.91. The van der Waals surface area contributed by atoms with Crippen LogP contribution in [0, 0.1) is 18.3 Å². The van der Waals surface area contributed by atoms with Crippen LogP contribution in [0.5, 0.6) is 0 Å². The number of alkyl halides is 3. The topological polar surface area (TPSA) is 127 Å². The summed E-state index contributed by atoms with van der Waals surface area (Å²) in [7, 11) is 0. The standard InChI is InChI=1S/C24H16F3N9O/c1-13-9-16(11-28)34-36(13)23-17(14(2)37)4-8-22(31-23)35-12-29-18-10-15(3-5-19(18)35)30-21-7-6-20(32-33-21)24(25,26)27/h3-10,12H,1-2H3,(H,30,33). The number of nitrogens with zero attached hydrogens (tertiary/aromatic N) is 8. The van der Waals surface area contributed by atoms with Crippen LogP contribution in [0.1, 0.15) is 34.4 Å². The highest BCUT2D eigenvalue weighted by atomic mass is 19.4. The van der Waals surface area contributed by atoms with E-state index in [1.165, 1.54) is 17.7 Å². The average molecular weight is 503 g/mol. The fourth-order valence-corrected chi connectivity index (χ4v) is 3.72. The first-order chi connectivity index (χ1) is 17.6. The molecule has 1 N–H and O–H groups in total. The lowest BCUT2D eigenvalue weighted by Crippen LogP contribution is -2.11. The van der Waals surface area contributed by atoms with Crippen LogP contribution < -0.4 is 5.32 Å². The van der Waals surface area contributed by atoms with Crippen LogP contribution in [0.3, 0.4) is 0 Å². The van der Waals surface area contributed by atoms with Gasteiger partial charge in [-0.15, -0.1) is 10.2 Å². The normalized spacial score (nSPS) is 11.5. The SMILES string of the molecule is CC(=O)c1ccc(-n2cnc3cc(Nc4ccc(C(F)(F)F)nn4)ccc32)nc1-n1nc(C#N)cc1C. The lowest BCUT2D eigenvalue weighted by Gasteiger charge is -2.12. The van der Waals surface area contributed by atoms with Gasteiger partial charge in [0.25, 0.3) is 0 Å². The summed E-state index contributed by atoms with van der Waals surface area (Å²) >= 11 is 0. The number of hydrogen-bond donors (Lipinski definition) is 1. The number of Topliss-reactive ketones (excluding diaryl/α,β-unsaturated/α-hetero) is 1. The molecule has 0 aliphatic carbocycles. The van der Waals surface area contributed by atoms with Crippen LogP contribution in [0.15, 0.2) is 54.9 Å². The smallest absolute Gasteiger partial charge is 0.339 e. The van der Waals surface area contributed by atoms with Crippen molar-refractivity contribution in [2.45, 2.75) is 20.0 Å². The fraction of sp³-hybridized carbons (Fsp3) is 0.125. The van der Waals surface area contributed by atoms with Crippen molar-refractivity contribution in [1.82, 2.24) is 34.5 Å². The van der Waals surface area contributed by atoms with Crippen molar-refractivity contribution in [3.05, 3.63) is 77.5 Å². The maximum Gasteiger partial charge on any atom is 0.435 e. The predicted molar refractivity (Wildman–Crippen MR) is 126 cm³/mol. The molecule has 184 valence electrons. The third-order valence-electron chi connectivity index (χ3n) is 5.46. The Hall–Kier alpha value is -5.12. The number of imidazole rings is 1. The highest BCUT2D eigenvalue weighted by Gasteiger charge is 2.32. The second kappa shape index (κ2) is 8.83. The van der Waals surface area contributed by atoms with E-state index in [4.69, 9.17) is 0 Å². The van der Waals surface area contributed by atoms with E-state index in [9.17, 15) is 23.2 Å². The first-order valence-corrected chi connectivity index (χ1v) is 10.8. The number of anilines is 2. The molecule has 5 rings (SSSR count). The first kappa shape index (κ1) is 23.6. The number of fused-ring (bicyclic) bond motifs is 1. The molecule has 0 amide bonds. The second-order valence-corrected chi connectivity index (χ2v) is 8.04. The number of rotatable bonds is 5. The van der Waals surface area contributed by atoms with E-state index in [0.29, 0.717) is 33.8 Å². The number of carbonyl (C=O) groups is 1. The Morgan fingerprint density at radius 2 is 1.89 bits per heavy atom. The minimum absolute atomic E-state index is 0.143. The van der Waals surface area contributed by atoms with Gasteiger partial charge in [0.05, 0.1) is 16.6 Å². The molecule has 1 aromatic carbocycles. The summed E-state index contributed by atoms with van der Waals surface area (Å²) in [4.78, 5) is 21.3. The number of ketones is 1. The lowest BCUT2D eigenvalue weighted by atomic mass is 10.2. The van der Waals surface area contributed by atoms with E-state index in [1.54, 1.807) is 54.2 Å². The zero-order valence-corrected chi connectivity index (χ0v) is 19.3. The number of halogens is 3. The van der Waals surface area contributed by atoms with E-state index in [1.807, 2.05) is 6.07 Å². The van der Waals surface area contributed by atoms with Crippen LogP contribution in [0.25, 0.3) is 22.7 Å². The number of pyridine rings is 1. The van der Waals surface area contributed by atoms with Gasteiger partial charge >= 0.3 is 6.18 Å². The van der Waals surface area contributed by atoms with Gasteiger partial charge < -0.3 is 5.32 Å². The highest BCUT2D eigenvalue weighted by molar-refractivity contribution is 5.97. The Bertz CT molecular complexity index is 1700. The van der Waals surface area contributed by atoms with Gasteiger partial charge in [-0.1, -0.05) is 0 Å². The third kappa shape index (κ3) is 4.47. The minimum atomic E-state index is -4.57. The van der Waals surface area contributed by atoms with Crippen molar-refractivity contribution in [2.24, 2.45) is 0 Å². The van der Waals surface area contributed by atoms with Crippen LogP contribution >= 0.6 is 0 Å². The molecule has 0 saturated carbocycles. The Morgan fingerprint density at radius 1 is 1.08 bits per heavy atom. The van der Waals surface area contributed by atoms with Crippen LogP contribution in [-0.2, 0) is 6.18 Å². The van der Waals surface area contributed by atoms with Gasteiger partial charge in [0.2, 0.25) is 0 Å². The quantitative estimate of drug-likeness (QED) is 0.346. The monoisotopic (exact) mass is 503 g/mol. The minimum Gasteiger partial charge on any atom is -0.339 e. The van der Waals surface area contributed by atoms with Crippen LogP contribution in [-0.4, -0.2) is 40.3 Å². The molecule has 0 atom stereocenters. The predicted octanol–water partition coefficient (Wildman–Crippen LogP) is 4.54. The zero-order chi connectivity index (χ0) is 26.3. The van der Waals surface area contributed by atoms with Gasteiger partial charge in [-0.05, 0) is 62.4 Å². The summed E-state index contributed by atoms with van der Waals surface area (Å²) in [6.07, 6.45) is -3.01. The molecule has 0 saturated heterocycles. The molecule has 0 bridgehead atoms. The molecule has 4 heterocycles. The van der Waals surface area contributed by atoms with Crippen molar-refractivity contribution < 1.29 is 18.0 Å². The van der Waals surface area contributed by atoms with Crippen molar-refractivity contribution in [3.63, 3.8) is 0 Å². The lowest BCUT2D eigenvalue weighted by molar-refractivity contribution is -0.141. The molecule has 4 aromatic heterocycles. The average Bonchev–Trinajstić information content (AvgIpc) is 3.46. The maximum atomic E-state index is 12.7. The molecule has 0 aliphatic heterocycles. The van der Waals surface area contributed by atoms with Crippen molar-refractivity contribution in [1.29, 1.82) is 5.26 Å². The van der Waals surface area contributed by atoms with Crippen molar-refractivity contribution >= 4 is 28.3 Å². The molecule has 10 nitrogen and oxygen atoms in total. The Balaban J connectivity index is 1.49. The number of aryl methyl sites for hydroxylation is 1. The molecule has 0 aliphatic rings. The van der Waals surface area contributed by atoms with E-state index in [-0.39, 0.29) is 23.1 Å². The second-order valence-electron chi connectivity index (χ2n) is 8.04. The largest absolute Gasteiger partial charge is 0.435 e. The van der Waals surface area contributed by atoms with Gasteiger partial charge in [-0.25, -0.2) is 14.6 Å². The fourth-order valence-electron chi connectivity index (χ4n) is 3.72. The number of carbonyl (C=O) groups excluding carboxylic acids is 1. The number of nitriles is 1. The summed E-state index contributed by atoms with van der Waals surface area (Å²) in [5, 5.41) is 23.1. The molecular formula is C24H16F3N9O. The summed E-state index contributed by atoms with van der Waals surface area (Å²) in [5.74, 6) is 0.680. The molecule has 5 aromatic rings. The van der Waals surface area contributed by atoms with Gasteiger partial charge in [-0.2, -0.15) is 23.5 Å². The van der Waals surface area contributed by atoms with Gasteiger partial charge in [0.15, 0.2) is 28.8 Å². The van der Waals surface area contributed by atoms with Gasteiger partial charge in [-0.3, -0.25) is 9.36 Å². The maximum absolute atomic E-state index is 12.7. The van der Waals surface area contributed by atoms with Crippen molar-refractivity contribution in [3.8, 4) is 17.7 Å². The van der Waals surface area contributed by atoms with E-state index in [0.717, 1.165) is 6.07 Å². The molecular weight excluding hydrogens is 487 g/mol. The van der Waals surface area contributed by atoms with E-state index < -0.39 is 11.9 Å². The molecule has 0 spiro atoms. The third-order valence-corrected chi connectivity index (χ3v) is 5.46. The van der Waals surface area contributed by atoms with Crippen LogP contribution in [0.2, 0.25) is 0 Å². The Morgan fingerprint density at radius 3 is 2.54 bits per heavy atom. The molecule has 0 fully saturated rings. The first-order valence-electron chi connectivity index (χ1n) is 10.8. The van der Waals surface area contributed by atoms with E-state index in [2.05, 4.69) is 30.6 Å². The number of aromatic nitrogens is 7. The summed E-state index contributed by atoms with van der Waals surface area (Å²) < 4.78 is 41.3. The number of nitrogens with one attached hydrogen (secondary N) is 1. The van der Waals surface area contributed by atoms with E-state index >= 15 is 0 Å². The summed E-state index contributed by atoms with van der Waals surface area (Å²) in [6.45, 7) is 3.18. The summed E-state index contributed by atoms with van der Waals surface area (Å²) in [6, 6.07) is 14.1. The molecule has 0 radical (unpaired) electrons. The Labute approximate surface area is 207 Å². The van der Waals surface area contributed by atoms with Gasteiger partial charge in [0.1, 0.15) is 18.2 Å². The van der Waals surface area contributed by atoms with Crippen LogP contribution in [0.4, 0.5) is 24.7 Å². The number of hydrogen-bond acceptors (Lipinski definition) is 8. The molecule has 0 unspecified atom stereocenters. The van der Waals surface area contributed by atoms with Gasteiger partial charge in [0, 0.05) is 11.4 Å². The molecule has 13 heteroatoms. The molecule has 37 heavy (non-hydrogen) atoms. The number of benzene rings is 1. The highest BCUT2D eigenvalue weighted by Crippen LogP contribution is 2.28.